The summed E-state index contributed by atoms with van der Waals surface area (Å²) < 4.78 is 1.48. The summed E-state index contributed by atoms with van der Waals surface area (Å²) in [4.78, 5) is 23.6. The van der Waals surface area contributed by atoms with Gasteiger partial charge >= 0.3 is 6.09 Å². The first-order valence-corrected chi connectivity index (χ1v) is 7.36. The fourth-order valence-electron chi connectivity index (χ4n) is 2.53. The molecule has 1 saturated heterocycles. The third kappa shape index (κ3) is 3.42. The van der Waals surface area contributed by atoms with Crippen molar-refractivity contribution in [3.63, 3.8) is 0 Å². The molecule has 1 aliphatic rings. The summed E-state index contributed by atoms with van der Waals surface area (Å²) in [5, 5.41) is 0. The van der Waals surface area contributed by atoms with Crippen LogP contribution < -0.4 is 4.84 Å². The Morgan fingerprint density at radius 1 is 1.14 bits per heavy atom. The Bertz CT molecular complexity index is 589. The first-order chi connectivity index (χ1) is 10.3. The van der Waals surface area contributed by atoms with Crippen LogP contribution in [-0.2, 0) is 6.42 Å². The summed E-state index contributed by atoms with van der Waals surface area (Å²) in [6.45, 7) is 1.56. The third-order valence-corrected chi connectivity index (χ3v) is 3.68. The molecular weight excluding hydrogens is 266 g/mol. The minimum atomic E-state index is -0.290. The van der Waals surface area contributed by atoms with E-state index in [1.54, 1.807) is 17.3 Å². The van der Waals surface area contributed by atoms with Gasteiger partial charge in [-0.2, -0.15) is 4.73 Å². The van der Waals surface area contributed by atoms with E-state index in [1.807, 2.05) is 30.3 Å². The van der Waals surface area contributed by atoms with Gasteiger partial charge < -0.3 is 9.74 Å². The smallest absolute Gasteiger partial charge is 0.316 e. The van der Waals surface area contributed by atoms with Crippen molar-refractivity contribution in [3.05, 3.63) is 54.1 Å². The van der Waals surface area contributed by atoms with Crippen LogP contribution in [0.25, 0.3) is 0 Å². The quantitative estimate of drug-likeness (QED) is 0.870. The molecule has 1 amide bonds. The van der Waals surface area contributed by atoms with E-state index in [4.69, 9.17) is 4.84 Å². The lowest BCUT2D eigenvalue weighted by Gasteiger charge is -2.25. The first-order valence-electron chi connectivity index (χ1n) is 7.36. The number of amides is 1. The summed E-state index contributed by atoms with van der Waals surface area (Å²) in [6, 6.07) is 10.0. The largest absolute Gasteiger partial charge is 0.434 e. The average Bonchev–Trinajstić information content (AvgIpc) is 2.96. The van der Waals surface area contributed by atoms with Gasteiger partial charge in [0, 0.05) is 25.7 Å². The van der Waals surface area contributed by atoms with Crippen LogP contribution in [0.4, 0.5) is 4.79 Å². The predicted octanol–water partition coefficient (Wildman–Crippen LogP) is 2.51. The van der Waals surface area contributed by atoms with Crippen molar-refractivity contribution in [2.45, 2.75) is 25.7 Å². The van der Waals surface area contributed by atoms with Gasteiger partial charge in [-0.15, -0.1) is 0 Å². The van der Waals surface area contributed by atoms with E-state index in [0.29, 0.717) is 6.42 Å². The molecule has 0 saturated carbocycles. The highest BCUT2D eigenvalue weighted by atomic mass is 16.7. The van der Waals surface area contributed by atoms with Crippen LogP contribution in [0.3, 0.4) is 0 Å². The van der Waals surface area contributed by atoms with E-state index in [1.165, 1.54) is 11.2 Å². The topological polar surface area (TPSA) is 47.4 Å². The number of hydrogen-bond donors (Lipinski definition) is 0. The number of aromatic nitrogens is 2. The number of benzene rings is 1. The van der Waals surface area contributed by atoms with Crippen molar-refractivity contribution >= 4 is 6.09 Å². The minimum Gasteiger partial charge on any atom is -0.316 e. The molecule has 110 valence electrons. The zero-order valence-corrected chi connectivity index (χ0v) is 11.9. The summed E-state index contributed by atoms with van der Waals surface area (Å²) in [5.41, 5.74) is 1.14. The van der Waals surface area contributed by atoms with Gasteiger partial charge in [-0.1, -0.05) is 30.3 Å². The second-order valence-corrected chi connectivity index (χ2v) is 5.24. The molecule has 0 unspecified atom stereocenters. The van der Waals surface area contributed by atoms with E-state index in [2.05, 4.69) is 4.98 Å². The molecule has 1 aromatic carbocycles. The van der Waals surface area contributed by atoms with Crippen molar-refractivity contribution < 1.29 is 9.63 Å². The highest BCUT2D eigenvalue weighted by Gasteiger charge is 2.19. The fraction of sp³-hybridized carbons (Fsp3) is 0.375. The number of piperidine rings is 1. The maximum Gasteiger partial charge on any atom is 0.434 e. The normalized spacial score (nSPS) is 15.0. The Morgan fingerprint density at radius 3 is 2.67 bits per heavy atom. The van der Waals surface area contributed by atoms with Gasteiger partial charge in [0.05, 0.1) is 6.20 Å². The number of hydrogen-bond acceptors (Lipinski definition) is 3. The maximum absolute atomic E-state index is 12.1. The number of rotatable bonds is 3. The standard InChI is InChI=1S/C16H19N3O2/c20-16(18-10-5-2-6-11-18)21-19-12-9-17-15(19)13-14-7-3-1-4-8-14/h1,3-4,7-9,12H,2,5-6,10-11,13H2. The Morgan fingerprint density at radius 2 is 1.90 bits per heavy atom. The Labute approximate surface area is 124 Å². The molecule has 0 bridgehead atoms. The van der Waals surface area contributed by atoms with Gasteiger partial charge in [0.25, 0.3) is 0 Å². The summed E-state index contributed by atoms with van der Waals surface area (Å²) in [5.74, 6) is 0.728. The fourth-order valence-corrected chi connectivity index (χ4v) is 2.53. The first kappa shape index (κ1) is 13.7. The molecule has 0 atom stereocenters. The lowest BCUT2D eigenvalue weighted by molar-refractivity contribution is 0.0831. The molecule has 0 radical (unpaired) electrons. The molecule has 1 aromatic heterocycles. The number of carbonyl (C=O) groups excluding carboxylic acids is 1. The predicted molar refractivity (Wildman–Crippen MR) is 78.9 cm³/mol. The molecule has 5 heteroatoms. The van der Waals surface area contributed by atoms with Crippen LogP contribution in [0.15, 0.2) is 42.7 Å². The van der Waals surface area contributed by atoms with Crippen LogP contribution in [0, 0.1) is 0 Å². The highest BCUT2D eigenvalue weighted by molar-refractivity contribution is 5.68. The highest BCUT2D eigenvalue weighted by Crippen LogP contribution is 2.10. The van der Waals surface area contributed by atoms with E-state index in [-0.39, 0.29) is 6.09 Å². The molecule has 2 aromatic rings. The van der Waals surface area contributed by atoms with E-state index < -0.39 is 0 Å². The van der Waals surface area contributed by atoms with Crippen molar-refractivity contribution in [2.24, 2.45) is 0 Å². The Kier molecular flexibility index (Phi) is 4.19. The summed E-state index contributed by atoms with van der Waals surface area (Å²) in [7, 11) is 0. The lowest BCUT2D eigenvalue weighted by Crippen LogP contribution is -2.40. The number of imidazole rings is 1. The van der Waals surface area contributed by atoms with Crippen LogP contribution in [0.1, 0.15) is 30.7 Å². The molecule has 0 N–H and O–H groups in total. The zero-order valence-electron chi connectivity index (χ0n) is 11.9. The molecule has 0 aliphatic carbocycles. The number of carbonyl (C=O) groups is 1. The van der Waals surface area contributed by atoms with Crippen LogP contribution >= 0.6 is 0 Å². The number of likely N-dealkylation sites (tertiary alicyclic amines) is 1. The second kappa shape index (κ2) is 6.43. The van der Waals surface area contributed by atoms with Crippen molar-refractivity contribution in [1.29, 1.82) is 0 Å². The van der Waals surface area contributed by atoms with Crippen molar-refractivity contribution in [1.82, 2.24) is 14.6 Å². The Hall–Kier alpha value is -2.30. The molecule has 1 fully saturated rings. The third-order valence-electron chi connectivity index (χ3n) is 3.68. The zero-order chi connectivity index (χ0) is 14.5. The van der Waals surface area contributed by atoms with E-state index >= 15 is 0 Å². The van der Waals surface area contributed by atoms with Gasteiger partial charge in [-0.25, -0.2) is 9.78 Å². The Balaban J connectivity index is 1.66. The van der Waals surface area contributed by atoms with Crippen LogP contribution in [0.2, 0.25) is 0 Å². The monoisotopic (exact) mass is 285 g/mol. The van der Waals surface area contributed by atoms with Crippen molar-refractivity contribution in [2.75, 3.05) is 13.1 Å². The molecule has 0 spiro atoms. The van der Waals surface area contributed by atoms with Crippen LogP contribution in [-0.4, -0.2) is 33.8 Å². The van der Waals surface area contributed by atoms with Gasteiger partial charge in [0.15, 0.2) is 0 Å². The average molecular weight is 285 g/mol. The minimum absolute atomic E-state index is 0.290. The lowest BCUT2D eigenvalue weighted by atomic mass is 10.1. The maximum atomic E-state index is 12.1. The van der Waals surface area contributed by atoms with Gasteiger partial charge in [-0.05, 0) is 24.8 Å². The van der Waals surface area contributed by atoms with E-state index in [0.717, 1.165) is 37.3 Å². The number of nitrogens with zero attached hydrogens (tertiary/aromatic N) is 3. The molecule has 3 rings (SSSR count). The second-order valence-electron chi connectivity index (χ2n) is 5.24. The SMILES string of the molecule is O=C(On1ccnc1Cc1ccccc1)N1CCCCC1. The molecule has 2 heterocycles. The van der Waals surface area contributed by atoms with Gasteiger partial charge in [0.2, 0.25) is 0 Å². The molecule has 5 nitrogen and oxygen atoms in total. The van der Waals surface area contributed by atoms with Gasteiger partial charge in [0.1, 0.15) is 5.82 Å². The molecule has 1 aliphatic heterocycles. The summed E-state index contributed by atoms with van der Waals surface area (Å²) >= 11 is 0. The van der Waals surface area contributed by atoms with Crippen molar-refractivity contribution in [3.8, 4) is 0 Å². The van der Waals surface area contributed by atoms with Crippen LogP contribution in [0.5, 0.6) is 0 Å². The molecular formula is C16H19N3O2. The van der Waals surface area contributed by atoms with E-state index in [9.17, 15) is 4.79 Å². The van der Waals surface area contributed by atoms with Gasteiger partial charge in [-0.3, -0.25) is 0 Å². The molecule has 21 heavy (non-hydrogen) atoms. The summed E-state index contributed by atoms with van der Waals surface area (Å²) in [6.07, 6.45) is 6.98.